The number of carbonyl (C=O) groups excluding carboxylic acids is 1. The van der Waals surface area contributed by atoms with E-state index in [-0.39, 0.29) is 12.5 Å². The number of hydrogen-bond acceptors (Lipinski definition) is 3. The number of nitrogens with zero attached hydrogens (tertiary/aromatic N) is 2. The first-order valence-corrected chi connectivity index (χ1v) is 10.3. The van der Waals surface area contributed by atoms with Crippen LogP contribution in [0.25, 0.3) is 10.2 Å². The van der Waals surface area contributed by atoms with Crippen molar-refractivity contribution in [2.24, 2.45) is 4.99 Å². The number of halogens is 2. The average molecular weight is 433 g/mol. The van der Waals surface area contributed by atoms with Gasteiger partial charge in [-0.3, -0.25) is 4.79 Å². The largest absolute Gasteiger partial charge is 0.494 e. The van der Waals surface area contributed by atoms with E-state index in [4.69, 9.17) is 34.4 Å². The van der Waals surface area contributed by atoms with Crippen molar-refractivity contribution in [3.63, 3.8) is 0 Å². The molecule has 1 aromatic heterocycles. The molecule has 0 unspecified atom stereocenters. The summed E-state index contributed by atoms with van der Waals surface area (Å²) in [6, 6.07) is 10.4. The fourth-order valence-electron chi connectivity index (χ4n) is 2.66. The number of benzene rings is 2. The number of aromatic nitrogens is 1. The van der Waals surface area contributed by atoms with Crippen LogP contribution in [0.15, 0.2) is 41.4 Å². The second-order valence-corrected chi connectivity index (χ2v) is 7.91. The molecule has 0 fully saturated rings. The van der Waals surface area contributed by atoms with Gasteiger partial charge in [-0.15, -0.1) is 6.42 Å². The highest BCUT2D eigenvalue weighted by atomic mass is 35.5. The molecule has 1 amide bonds. The van der Waals surface area contributed by atoms with Crippen molar-refractivity contribution in [2.75, 3.05) is 6.61 Å². The Labute approximate surface area is 177 Å². The molecule has 0 atom stereocenters. The maximum Gasteiger partial charge on any atom is 0.279 e. The summed E-state index contributed by atoms with van der Waals surface area (Å²) in [5, 5.41) is 0.982. The van der Waals surface area contributed by atoms with Crippen LogP contribution in [0.2, 0.25) is 10.0 Å². The van der Waals surface area contributed by atoms with Gasteiger partial charge in [-0.05, 0) is 36.8 Å². The van der Waals surface area contributed by atoms with Gasteiger partial charge in [0, 0.05) is 10.6 Å². The van der Waals surface area contributed by atoms with Crippen LogP contribution < -0.4 is 9.54 Å². The Bertz CT molecular complexity index is 1130. The summed E-state index contributed by atoms with van der Waals surface area (Å²) in [4.78, 5) is 17.5. The predicted octanol–water partition coefficient (Wildman–Crippen LogP) is 5.56. The van der Waals surface area contributed by atoms with E-state index in [1.54, 1.807) is 34.9 Å². The molecule has 0 saturated heterocycles. The Morgan fingerprint density at radius 3 is 2.89 bits per heavy atom. The lowest BCUT2D eigenvalue weighted by molar-refractivity contribution is 0.0997. The summed E-state index contributed by atoms with van der Waals surface area (Å²) < 4.78 is 8.24. The Morgan fingerprint density at radius 2 is 2.14 bits per heavy atom. The highest BCUT2D eigenvalue weighted by molar-refractivity contribution is 7.16. The molecule has 4 nitrogen and oxygen atoms in total. The van der Waals surface area contributed by atoms with Crippen LogP contribution in [0.3, 0.4) is 0 Å². The molecule has 28 heavy (non-hydrogen) atoms. The van der Waals surface area contributed by atoms with E-state index < -0.39 is 0 Å². The Kier molecular flexibility index (Phi) is 6.79. The maximum atomic E-state index is 12.7. The molecule has 0 spiro atoms. The summed E-state index contributed by atoms with van der Waals surface area (Å²) in [6.45, 7) is 2.95. The molecule has 2 aromatic carbocycles. The maximum absolute atomic E-state index is 12.7. The monoisotopic (exact) mass is 432 g/mol. The standard InChI is InChI=1S/C21H18Cl2N2O2S/c1-3-5-10-27-16-8-6-7-14(11-16)20(26)24-21-25(9-4-2)19-17(23)12-15(22)13-18(19)28-21/h2,6-8,11-13H,3,5,9-10H2,1H3. The van der Waals surface area contributed by atoms with Gasteiger partial charge in [0.1, 0.15) is 5.75 Å². The van der Waals surface area contributed by atoms with E-state index in [0.717, 1.165) is 23.1 Å². The smallest absolute Gasteiger partial charge is 0.279 e. The van der Waals surface area contributed by atoms with Gasteiger partial charge in [0.2, 0.25) is 0 Å². The molecule has 7 heteroatoms. The number of carbonyl (C=O) groups is 1. The minimum atomic E-state index is -0.375. The molecule has 144 valence electrons. The van der Waals surface area contributed by atoms with Crippen molar-refractivity contribution >= 4 is 50.7 Å². The quantitative estimate of drug-likeness (QED) is 0.377. The van der Waals surface area contributed by atoms with Crippen molar-refractivity contribution in [3.8, 4) is 18.1 Å². The summed E-state index contributed by atoms with van der Waals surface area (Å²) in [7, 11) is 0. The Hall–Kier alpha value is -2.26. The van der Waals surface area contributed by atoms with Crippen molar-refractivity contribution < 1.29 is 9.53 Å². The molecule has 3 aromatic rings. The van der Waals surface area contributed by atoms with Gasteiger partial charge in [-0.25, -0.2) is 0 Å². The highest BCUT2D eigenvalue weighted by Crippen LogP contribution is 2.29. The second-order valence-electron chi connectivity index (χ2n) is 6.06. The first-order chi connectivity index (χ1) is 13.5. The molecule has 0 aliphatic heterocycles. The van der Waals surface area contributed by atoms with Crippen molar-refractivity contribution in [2.45, 2.75) is 26.3 Å². The van der Waals surface area contributed by atoms with Crippen LogP contribution in [0, 0.1) is 12.3 Å². The number of unbranched alkanes of at least 4 members (excludes halogenated alkanes) is 1. The van der Waals surface area contributed by atoms with Gasteiger partial charge in [0.05, 0.1) is 28.4 Å². The van der Waals surface area contributed by atoms with Gasteiger partial charge in [0.25, 0.3) is 5.91 Å². The lowest BCUT2D eigenvalue weighted by Gasteiger charge is -2.06. The SMILES string of the molecule is C#CCn1c(=NC(=O)c2cccc(OCCCC)c2)sc2cc(Cl)cc(Cl)c21. The first-order valence-electron chi connectivity index (χ1n) is 8.77. The van der Waals surface area contributed by atoms with Gasteiger partial charge in [0.15, 0.2) is 4.80 Å². The molecular weight excluding hydrogens is 415 g/mol. The number of rotatable bonds is 6. The summed E-state index contributed by atoms with van der Waals surface area (Å²) in [6.07, 6.45) is 7.50. The predicted molar refractivity (Wildman–Crippen MR) is 115 cm³/mol. The van der Waals surface area contributed by atoms with Crippen LogP contribution >= 0.6 is 34.5 Å². The molecule has 0 aliphatic rings. The molecule has 0 N–H and O–H groups in total. The molecule has 0 aliphatic carbocycles. The van der Waals surface area contributed by atoms with Crippen LogP contribution in [0.5, 0.6) is 5.75 Å². The van der Waals surface area contributed by atoms with E-state index in [0.29, 0.717) is 32.8 Å². The summed E-state index contributed by atoms with van der Waals surface area (Å²) in [5.41, 5.74) is 1.17. The first kappa shape index (κ1) is 20.5. The van der Waals surface area contributed by atoms with Gasteiger partial charge >= 0.3 is 0 Å². The number of thiazole rings is 1. The number of ether oxygens (including phenoxy) is 1. The second kappa shape index (κ2) is 9.29. The van der Waals surface area contributed by atoms with E-state index in [1.807, 2.05) is 6.07 Å². The molecule has 1 heterocycles. The minimum Gasteiger partial charge on any atom is -0.494 e. The Morgan fingerprint density at radius 1 is 1.32 bits per heavy atom. The normalized spacial score (nSPS) is 11.6. The third kappa shape index (κ3) is 4.59. The molecule has 0 bridgehead atoms. The topological polar surface area (TPSA) is 43.6 Å². The van der Waals surface area contributed by atoms with Crippen LogP contribution in [0.1, 0.15) is 30.1 Å². The molecule has 0 saturated carbocycles. The minimum absolute atomic E-state index is 0.244. The lowest BCUT2D eigenvalue weighted by atomic mass is 10.2. The van der Waals surface area contributed by atoms with Crippen LogP contribution in [-0.2, 0) is 6.54 Å². The Balaban J connectivity index is 2.01. The van der Waals surface area contributed by atoms with E-state index in [9.17, 15) is 4.79 Å². The number of amides is 1. The third-order valence-corrected chi connectivity index (χ3v) is 5.52. The number of terminal acetylenes is 1. The van der Waals surface area contributed by atoms with Gasteiger partial charge in [-0.2, -0.15) is 4.99 Å². The van der Waals surface area contributed by atoms with E-state index >= 15 is 0 Å². The van der Waals surface area contributed by atoms with E-state index in [2.05, 4.69) is 17.8 Å². The summed E-state index contributed by atoms with van der Waals surface area (Å²) in [5.74, 6) is 2.86. The molecule has 3 rings (SSSR count). The fourth-order valence-corrected chi connectivity index (χ4v) is 4.47. The molecule has 0 radical (unpaired) electrons. The lowest BCUT2D eigenvalue weighted by Crippen LogP contribution is -2.16. The van der Waals surface area contributed by atoms with Gasteiger partial charge < -0.3 is 9.30 Å². The number of fused-ring (bicyclic) bond motifs is 1. The van der Waals surface area contributed by atoms with Crippen molar-refractivity contribution in [1.82, 2.24) is 4.57 Å². The summed E-state index contributed by atoms with van der Waals surface area (Å²) >= 11 is 13.8. The molecular formula is C21H18Cl2N2O2S. The zero-order chi connectivity index (χ0) is 20.1. The highest BCUT2D eigenvalue weighted by Gasteiger charge is 2.13. The number of hydrogen-bond donors (Lipinski definition) is 0. The van der Waals surface area contributed by atoms with Crippen LogP contribution in [-0.4, -0.2) is 17.1 Å². The zero-order valence-corrected chi connectivity index (χ0v) is 17.6. The third-order valence-electron chi connectivity index (χ3n) is 3.99. The van der Waals surface area contributed by atoms with Gasteiger partial charge in [-0.1, -0.05) is 59.9 Å². The zero-order valence-electron chi connectivity index (χ0n) is 15.2. The van der Waals surface area contributed by atoms with E-state index in [1.165, 1.54) is 11.3 Å². The van der Waals surface area contributed by atoms with Crippen molar-refractivity contribution in [3.05, 3.63) is 56.8 Å². The van der Waals surface area contributed by atoms with Crippen LogP contribution in [0.4, 0.5) is 0 Å². The fraction of sp³-hybridized carbons (Fsp3) is 0.238. The van der Waals surface area contributed by atoms with Crippen molar-refractivity contribution in [1.29, 1.82) is 0 Å². The average Bonchev–Trinajstić information content (AvgIpc) is 2.99.